The maximum Gasteiger partial charge on any atom is 0.373 e. The summed E-state index contributed by atoms with van der Waals surface area (Å²) < 4.78 is 0. The zero-order chi connectivity index (χ0) is 12.0. The number of aryl methyl sites for hydroxylation is 1. The van der Waals surface area contributed by atoms with Crippen LogP contribution in [-0.2, 0) is 16.2 Å². The van der Waals surface area contributed by atoms with Crippen LogP contribution >= 0.6 is 0 Å². The summed E-state index contributed by atoms with van der Waals surface area (Å²) in [6.45, 7) is 7.40. The summed E-state index contributed by atoms with van der Waals surface area (Å²) in [5.74, 6) is -0.255. The number of rotatable bonds is 5. The van der Waals surface area contributed by atoms with Gasteiger partial charge in [0.05, 0.1) is 5.56 Å². The number of carbonyl (C=O) groups is 1. The summed E-state index contributed by atoms with van der Waals surface area (Å²) in [4.78, 5) is 20.8. The van der Waals surface area contributed by atoms with Gasteiger partial charge in [0.2, 0.25) is 0 Å². The van der Waals surface area contributed by atoms with E-state index in [0.717, 1.165) is 6.42 Å². The van der Waals surface area contributed by atoms with Crippen LogP contribution in [-0.4, -0.2) is 5.97 Å². The van der Waals surface area contributed by atoms with Crippen molar-refractivity contribution in [3.63, 3.8) is 0 Å². The Balaban J connectivity index is 2.46. The van der Waals surface area contributed by atoms with Crippen LogP contribution in [0.4, 0.5) is 0 Å². The molecule has 1 rings (SSSR count). The smallest absolute Gasteiger partial charge is 0.292 e. The summed E-state index contributed by atoms with van der Waals surface area (Å²) in [7, 11) is 0. The molecule has 0 unspecified atom stereocenters. The third kappa shape index (κ3) is 4.03. The molecule has 0 atom stereocenters. The monoisotopic (exact) mass is 221 g/mol. The van der Waals surface area contributed by atoms with Crippen LogP contribution in [0.25, 0.3) is 0 Å². The van der Waals surface area contributed by atoms with Gasteiger partial charge in [0, 0.05) is 0 Å². The predicted molar refractivity (Wildman–Crippen MR) is 61.5 cm³/mol. The highest BCUT2D eigenvalue weighted by Crippen LogP contribution is 2.08. The molecule has 0 amide bonds. The highest BCUT2D eigenvalue weighted by atomic mass is 17.2. The molecule has 0 saturated carbocycles. The summed E-state index contributed by atoms with van der Waals surface area (Å²) in [5, 5.41) is 0. The van der Waals surface area contributed by atoms with E-state index < -0.39 is 5.97 Å². The fourth-order valence-corrected chi connectivity index (χ4v) is 1.11. The molecule has 0 aliphatic carbocycles. The van der Waals surface area contributed by atoms with Crippen LogP contribution in [0.1, 0.15) is 36.7 Å². The van der Waals surface area contributed by atoms with E-state index >= 15 is 0 Å². The van der Waals surface area contributed by atoms with Crippen molar-refractivity contribution in [2.45, 2.75) is 27.2 Å². The average Bonchev–Trinajstić information content (AvgIpc) is 2.28. The molecule has 1 radical (unpaired) electrons. The molecular weight excluding hydrogens is 204 g/mol. The predicted octanol–water partition coefficient (Wildman–Crippen LogP) is 3.16. The van der Waals surface area contributed by atoms with Gasteiger partial charge >= 0.3 is 5.97 Å². The molecule has 0 saturated heterocycles. The van der Waals surface area contributed by atoms with Crippen LogP contribution in [0.2, 0.25) is 0 Å². The zero-order valence-corrected chi connectivity index (χ0v) is 9.90. The Hall–Kier alpha value is -1.35. The highest BCUT2D eigenvalue weighted by molar-refractivity contribution is 5.88. The summed E-state index contributed by atoms with van der Waals surface area (Å²) in [5.41, 5.74) is 1.68. The van der Waals surface area contributed by atoms with Crippen molar-refractivity contribution >= 4 is 5.97 Å². The molecule has 0 aliphatic heterocycles. The average molecular weight is 221 g/mol. The van der Waals surface area contributed by atoms with Crippen LogP contribution in [0, 0.1) is 12.5 Å². The first-order chi connectivity index (χ1) is 7.63. The van der Waals surface area contributed by atoms with Gasteiger partial charge in [0.15, 0.2) is 0 Å². The second-order valence-electron chi connectivity index (χ2n) is 3.90. The van der Waals surface area contributed by atoms with Crippen molar-refractivity contribution < 1.29 is 14.6 Å². The molecule has 1 aromatic carbocycles. The Kier molecular flexibility index (Phi) is 4.99. The third-order valence-electron chi connectivity index (χ3n) is 2.05. The SMILES string of the molecule is CCc1ccc(C(=O)OO[CH]C(C)C)cc1. The lowest BCUT2D eigenvalue weighted by molar-refractivity contribution is -0.217. The van der Waals surface area contributed by atoms with E-state index in [0.29, 0.717) is 5.56 Å². The summed E-state index contributed by atoms with van der Waals surface area (Å²) >= 11 is 0. The van der Waals surface area contributed by atoms with E-state index in [-0.39, 0.29) is 5.92 Å². The van der Waals surface area contributed by atoms with Crippen molar-refractivity contribution in [2.24, 2.45) is 5.92 Å². The van der Waals surface area contributed by atoms with Gasteiger partial charge in [-0.15, -0.1) is 0 Å². The molecule has 0 heterocycles. The first kappa shape index (κ1) is 12.7. The molecule has 3 nitrogen and oxygen atoms in total. The topological polar surface area (TPSA) is 35.5 Å². The maximum absolute atomic E-state index is 11.5. The lowest BCUT2D eigenvalue weighted by Gasteiger charge is -2.05. The second-order valence-corrected chi connectivity index (χ2v) is 3.90. The molecule has 0 N–H and O–H groups in total. The Morgan fingerprint density at radius 3 is 2.44 bits per heavy atom. The molecule has 0 spiro atoms. The second kappa shape index (κ2) is 6.28. The van der Waals surface area contributed by atoms with Gasteiger partial charge in [-0.3, -0.25) is 4.89 Å². The van der Waals surface area contributed by atoms with Crippen LogP contribution in [0.3, 0.4) is 0 Å². The number of benzene rings is 1. The minimum Gasteiger partial charge on any atom is -0.292 e. The Bertz CT molecular complexity index is 328. The van der Waals surface area contributed by atoms with E-state index in [1.165, 1.54) is 12.2 Å². The summed E-state index contributed by atoms with van der Waals surface area (Å²) in [6.07, 6.45) is 0.951. The van der Waals surface area contributed by atoms with Gasteiger partial charge < -0.3 is 0 Å². The molecule has 87 valence electrons. The van der Waals surface area contributed by atoms with Crippen LogP contribution in [0.15, 0.2) is 24.3 Å². The molecular formula is C13H17O3. The van der Waals surface area contributed by atoms with E-state index in [2.05, 4.69) is 11.8 Å². The normalized spacial score (nSPS) is 10.5. The summed E-state index contributed by atoms with van der Waals surface area (Å²) in [6, 6.07) is 7.28. The minimum absolute atomic E-state index is 0.218. The molecule has 0 bridgehead atoms. The van der Waals surface area contributed by atoms with Crippen molar-refractivity contribution in [1.29, 1.82) is 0 Å². The molecule has 0 fully saturated rings. The zero-order valence-electron chi connectivity index (χ0n) is 9.90. The van der Waals surface area contributed by atoms with Gasteiger partial charge in [-0.25, -0.2) is 4.79 Å². The quantitative estimate of drug-likeness (QED) is 0.566. The lowest BCUT2D eigenvalue weighted by Crippen LogP contribution is -2.06. The molecule has 3 heteroatoms. The van der Waals surface area contributed by atoms with Crippen molar-refractivity contribution in [3.05, 3.63) is 42.0 Å². The first-order valence-electron chi connectivity index (χ1n) is 5.43. The number of hydrogen-bond acceptors (Lipinski definition) is 3. The van der Waals surface area contributed by atoms with Gasteiger partial charge in [0.25, 0.3) is 0 Å². The van der Waals surface area contributed by atoms with Crippen LogP contribution in [0.5, 0.6) is 0 Å². The molecule has 1 aromatic rings. The fraction of sp³-hybridized carbons (Fsp3) is 0.385. The van der Waals surface area contributed by atoms with E-state index in [1.807, 2.05) is 26.0 Å². The lowest BCUT2D eigenvalue weighted by atomic mass is 10.1. The van der Waals surface area contributed by atoms with E-state index in [4.69, 9.17) is 4.89 Å². The van der Waals surface area contributed by atoms with Crippen molar-refractivity contribution in [3.8, 4) is 0 Å². The molecule has 0 aliphatic rings. The number of carbonyl (C=O) groups excluding carboxylic acids is 1. The van der Waals surface area contributed by atoms with Crippen LogP contribution < -0.4 is 0 Å². The van der Waals surface area contributed by atoms with E-state index in [9.17, 15) is 4.79 Å². The Morgan fingerprint density at radius 2 is 1.94 bits per heavy atom. The maximum atomic E-state index is 11.5. The van der Waals surface area contributed by atoms with Gasteiger partial charge in [-0.05, 0) is 30.0 Å². The van der Waals surface area contributed by atoms with Gasteiger partial charge in [-0.2, -0.15) is 4.89 Å². The molecule has 16 heavy (non-hydrogen) atoms. The Labute approximate surface area is 96.3 Å². The van der Waals surface area contributed by atoms with E-state index in [1.54, 1.807) is 12.1 Å². The first-order valence-corrected chi connectivity index (χ1v) is 5.43. The van der Waals surface area contributed by atoms with Gasteiger partial charge in [-0.1, -0.05) is 32.9 Å². The fourth-order valence-electron chi connectivity index (χ4n) is 1.11. The third-order valence-corrected chi connectivity index (χ3v) is 2.05. The van der Waals surface area contributed by atoms with Gasteiger partial charge in [0.1, 0.15) is 6.61 Å². The van der Waals surface area contributed by atoms with Crippen molar-refractivity contribution in [2.75, 3.05) is 0 Å². The number of hydrogen-bond donors (Lipinski definition) is 0. The Morgan fingerprint density at radius 1 is 1.31 bits per heavy atom. The largest absolute Gasteiger partial charge is 0.373 e. The minimum atomic E-state index is -0.473. The van der Waals surface area contributed by atoms with Crippen molar-refractivity contribution in [1.82, 2.24) is 0 Å². The molecule has 0 aromatic heterocycles. The highest BCUT2D eigenvalue weighted by Gasteiger charge is 2.08. The standard InChI is InChI=1S/C13H17O3/c1-4-11-5-7-12(8-6-11)13(14)16-15-9-10(2)3/h5-10H,4H2,1-3H3.